The summed E-state index contributed by atoms with van der Waals surface area (Å²) in [5.74, 6) is 3.80. The summed E-state index contributed by atoms with van der Waals surface area (Å²) in [4.78, 5) is 53.4. The Hall–Kier alpha value is -17.3. The molecule has 0 radical (unpaired) electrons. The maximum atomic E-state index is 6.17. The summed E-state index contributed by atoms with van der Waals surface area (Å²) in [6, 6.07) is 143. The van der Waals surface area contributed by atoms with Crippen molar-refractivity contribution >= 4 is 88.1 Å². The summed E-state index contributed by atoms with van der Waals surface area (Å²) in [5, 5.41) is 6.35. The highest BCUT2D eigenvalue weighted by atomic mass is 16.3. The lowest BCUT2D eigenvalue weighted by Crippen LogP contribution is -2.00. The summed E-state index contributed by atoms with van der Waals surface area (Å²) in [6.45, 7) is 0. The molecule has 0 spiro atoms. The van der Waals surface area contributed by atoms with Crippen molar-refractivity contribution in [2.45, 2.75) is 0 Å². The zero-order valence-electron chi connectivity index (χ0n) is 67.6. The number of fused-ring (bicyclic) bond motifs is 12. The van der Waals surface area contributed by atoms with Crippen molar-refractivity contribution in [3.8, 4) is 157 Å². The van der Waals surface area contributed by atoms with Crippen LogP contribution in [-0.2, 0) is 0 Å². The SMILES string of the molecule is c1ccc(-c2ccc(-c3nc(-c4ccccc4)nc(-c4ccc(-c5cccc(-c6ccc(-c7ccc8c(ccc9oc%10nc%11ccccc%11nc%10c98)c7)cc6)c5)cc4)n3)cc2)cc1.c1ccc(-c2ccc(-c3nc(-c4ccccc4)nc(-c4ccc(-c5cccc(-c6ccc(-c7ccc8c(ccc9oc%10nc%11cccnc%11nc%10c98)c7)cc6)c5)cc4)n3)cc2)cc1. The smallest absolute Gasteiger partial charge is 0.247 e. The maximum absolute atomic E-state index is 6.17. The number of pyridine rings is 1. The normalized spacial score (nSPS) is 11.5. The second kappa shape index (κ2) is 31.7. The molecule has 0 saturated heterocycles. The minimum atomic E-state index is 0.520. The summed E-state index contributed by atoms with van der Waals surface area (Å²) in [7, 11) is 0. The molecule has 13 nitrogen and oxygen atoms in total. The van der Waals surface area contributed by atoms with Gasteiger partial charge in [0.1, 0.15) is 27.7 Å². The molecular formula is C113H69N11O2. The van der Waals surface area contributed by atoms with Crippen molar-refractivity contribution in [2.75, 3.05) is 0 Å². The number of aromatic nitrogens is 11. The monoisotopic (exact) mass is 1610 g/mol. The topological polar surface area (TPSA) is 168 Å². The molecule has 24 rings (SSSR count). The molecule has 0 amide bonds. The number of para-hydroxylation sites is 2. The summed E-state index contributed by atoms with van der Waals surface area (Å²) < 4.78 is 12.3. The number of hydrogen-bond donors (Lipinski definition) is 0. The Morgan fingerprint density at radius 1 is 0.167 bits per heavy atom. The largest absolute Gasteiger partial charge is 0.436 e. The predicted octanol–water partition coefficient (Wildman–Crippen LogP) is 28.5. The third-order valence-corrected chi connectivity index (χ3v) is 23.4. The van der Waals surface area contributed by atoms with E-state index in [1.54, 1.807) is 6.20 Å². The fraction of sp³-hybridized carbons (Fsp3) is 0. The van der Waals surface area contributed by atoms with Crippen LogP contribution in [0.2, 0.25) is 0 Å². The van der Waals surface area contributed by atoms with Gasteiger partial charge in [-0.2, -0.15) is 0 Å². The molecule has 7 heterocycles. The van der Waals surface area contributed by atoms with Gasteiger partial charge in [-0.15, -0.1) is 0 Å². The number of benzene rings is 17. The highest BCUT2D eigenvalue weighted by Gasteiger charge is 2.21. The van der Waals surface area contributed by atoms with Gasteiger partial charge in [-0.3, -0.25) is 0 Å². The van der Waals surface area contributed by atoms with Crippen LogP contribution in [0.4, 0.5) is 0 Å². The van der Waals surface area contributed by atoms with Crippen LogP contribution in [0.5, 0.6) is 0 Å². The van der Waals surface area contributed by atoms with Crippen LogP contribution in [-0.4, -0.2) is 54.8 Å². The summed E-state index contributed by atoms with van der Waals surface area (Å²) in [5.41, 5.74) is 31.0. The molecule has 0 N–H and O–H groups in total. The minimum absolute atomic E-state index is 0.520. The second-order valence-electron chi connectivity index (χ2n) is 31.2. The first-order valence-electron chi connectivity index (χ1n) is 41.8. The van der Waals surface area contributed by atoms with E-state index in [-0.39, 0.29) is 0 Å². The number of nitrogens with zero attached hydrogens (tertiary/aromatic N) is 11. The number of hydrogen-bond acceptors (Lipinski definition) is 13. The lowest BCUT2D eigenvalue weighted by molar-refractivity contribution is 0.655. The quantitative estimate of drug-likeness (QED) is 0.101. The second-order valence-corrected chi connectivity index (χ2v) is 31.2. The van der Waals surface area contributed by atoms with Crippen molar-refractivity contribution in [3.05, 3.63) is 419 Å². The standard InChI is InChI=1S/C57H35N5O.C56H34N6O/c1-3-10-36(11-4-1)37-22-26-42(27-23-37)55-60-54(41-12-5-2-6-13-41)61-56(62-55)43-28-24-39(25-29-43)45-15-9-14-44(34-45)38-18-20-40(21-19-38)46-30-32-48-47(35-46)31-33-51-52(48)53-57(63-51)59-50-17-8-7-16-49(50)58-53;1-3-9-35(10-4-1)36-20-24-41(25-21-36)53-60-52(40-11-5-2-6-12-40)61-54(62-53)42-26-22-38(23-27-42)44-14-7-13-43(33-44)37-16-18-39(19-17-37)45-28-30-47-46(34-45)29-31-49-50(47)51-56(63-49)58-48-15-8-32-57-55(48)59-51/h1-35H;1-34H. The van der Waals surface area contributed by atoms with E-state index in [2.05, 4.69) is 296 Å². The van der Waals surface area contributed by atoms with Crippen LogP contribution >= 0.6 is 0 Å². The number of furan rings is 2. The zero-order valence-corrected chi connectivity index (χ0v) is 67.6. The van der Waals surface area contributed by atoms with E-state index in [4.69, 9.17) is 58.7 Å². The Balaban J connectivity index is 0.000000145. The molecule has 24 aromatic rings. The van der Waals surface area contributed by atoms with E-state index in [1.165, 1.54) is 11.1 Å². The molecule has 13 heteroatoms. The molecule has 0 atom stereocenters. The van der Waals surface area contributed by atoms with Gasteiger partial charge in [-0.25, -0.2) is 54.8 Å². The molecule has 0 saturated carbocycles. The van der Waals surface area contributed by atoms with Gasteiger partial charge in [0.25, 0.3) is 0 Å². The van der Waals surface area contributed by atoms with Gasteiger partial charge in [-0.05, 0) is 171 Å². The Morgan fingerprint density at radius 2 is 0.421 bits per heavy atom. The van der Waals surface area contributed by atoms with E-state index in [9.17, 15) is 0 Å². The van der Waals surface area contributed by atoms with Crippen LogP contribution < -0.4 is 0 Å². The molecule has 126 heavy (non-hydrogen) atoms. The molecule has 588 valence electrons. The number of rotatable bonds is 14. The van der Waals surface area contributed by atoms with Crippen LogP contribution in [0, 0.1) is 0 Å². The zero-order chi connectivity index (χ0) is 83.4. The Kier molecular flexibility index (Phi) is 18.6. The minimum Gasteiger partial charge on any atom is -0.436 e. The van der Waals surface area contributed by atoms with Crippen molar-refractivity contribution < 1.29 is 8.83 Å². The molecule has 0 bridgehead atoms. The molecular weight excluding hydrogens is 1540 g/mol. The highest BCUT2D eigenvalue weighted by Crippen LogP contribution is 2.41. The van der Waals surface area contributed by atoms with E-state index < -0.39 is 0 Å². The van der Waals surface area contributed by atoms with Gasteiger partial charge in [0.05, 0.1) is 21.8 Å². The van der Waals surface area contributed by atoms with Crippen LogP contribution in [0.3, 0.4) is 0 Å². The Morgan fingerprint density at radius 3 is 0.778 bits per heavy atom. The average Bonchev–Trinajstić information content (AvgIpc) is 1.59. The van der Waals surface area contributed by atoms with Gasteiger partial charge in [-0.1, -0.05) is 352 Å². The van der Waals surface area contributed by atoms with Crippen molar-refractivity contribution in [1.82, 2.24) is 54.8 Å². The average molecular weight is 1610 g/mol. The first-order valence-corrected chi connectivity index (χ1v) is 41.8. The van der Waals surface area contributed by atoms with Gasteiger partial charge < -0.3 is 8.83 Å². The molecule has 17 aromatic carbocycles. The van der Waals surface area contributed by atoms with E-state index in [1.807, 2.05) is 121 Å². The van der Waals surface area contributed by atoms with E-state index in [0.29, 0.717) is 57.5 Å². The third-order valence-electron chi connectivity index (χ3n) is 23.4. The molecule has 7 aromatic heterocycles. The van der Waals surface area contributed by atoms with Crippen LogP contribution in [0.1, 0.15) is 0 Å². The van der Waals surface area contributed by atoms with Crippen LogP contribution in [0.15, 0.2) is 428 Å². The molecule has 0 aliphatic heterocycles. The lowest BCUT2D eigenvalue weighted by atomic mass is 9.95. The Labute approximate surface area is 723 Å². The van der Waals surface area contributed by atoms with Crippen molar-refractivity contribution in [2.24, 2.45) is 0 Å². The first kappa shape index (κ1) is 73.8. The Bertz CT molecular complexity index is 7780. The molecule has 0 aliphatic carbocycles. The summed E-state index contributed by atoms with van der Waals surface area (Å²) >= 11 is 0. The van der Waals surface area contributed by atoms with Gasteiger partial charge in [0.15, 0.2) is 40.6 Å². The third kappa shape index (κ3) is 14.3. The predicted molar refractivity (Wildman–Crippen MR) is 509 cm³/mol. The van der Waals surface area contributed by atoms with E-state index in [0.717, 1.165) is 177 Å². The van der Waals surface area contributed by atoms with E-state index >= 15 is 0 Å². The van der Waals surface area contributed by atoms with Crippen molar-refractivity contribution in [1.29, 1.82) is 0 Å². The fourth-order valence-electron chi connectivity index (χ4n) is 16.9. The van der Waals surface area contributed by atoms with Gasteiger partial charge >= 0.3 is 0 Å². The molecule has 0 aliphatic rings. The fourth-order valence-corrected chi connectivity index (χ4v) is 16.9. The lowest BCUT2D eigenvalue weighted by Gasteiger charge is -2.10. The summed E-state index contributed by atoms with van der Waals surface area (Å²) in [6.07, 6.45) is 1.74. The van der Waals surface area contributed by atoms with Crippen LogP contribution in [0.25, 0.3) is 245 Å². The maximum Gasteiger partial charge on any atom is 0.247 e. The van der Waals surface area contributed by atoms with Gasteiger partial charge in [0, 0.05) is 39.6 Å². The first-order chi connectivity index (χ1) is 62.3. The molecule has 0 unspecified atom stereocenters. The van der Waals surface area contributed by atoms with Gasteiger partial charge in [0.2, 0.25) is 11.4 Å². The highest BCUT2D eigenvalue weighted by molar-refractivity contribution is 6.19. The van der Waals surface area contributed by atoms with Crippen molar-refractivity contribution in [3.63, 3.8) is 0 Å². The molecule has 0 fully saturated rings.